The zero-order valence-corrected chi connectivity index (χ0v) is 12.4. The minimum atomic E-state index is -0.302. The fraction of sp³-hybridized carbons (Fsp3) is 0.118. The van der Waals surface area contributed by atoms with Gasteiger partial charge in [-0.3, -0.25) is 4.79 Å². The molecule has 116 valence electrons. The number of benzene rings is 2. The maximum Gasteiger partial charge on any atom is 0.172 e. The lowest BCUT2D eigenvalue weighted by Crippen LogP contribution is -2.05. The lowest BCUT2D eigenvalue weighted by atomic mass is 10.1. The molecular weight excluding hydrogens is 297 g/mol. The van der Waals surface area contributed by atoms with E-state index < -0.39 is 0 Å². The molecule has 0 aliphatic carbocycles. The number of halogens is 1. The molecule has 0 fully saturated rings. The number of carbonyl (C=O) groups is 1. The number of aromatic nitrogens is 3. The van der Waals surface area contributed by atoms with Crippen molar-refractivity contribution in [1.29, 1.82) is 0 Å². The number of rotatable bonds is 5. The molecule has 3 aromatic rings. The summed E-state index contributed by atoms with van der Waals surface area (Å²) in [4.78, 5) is 11.2. The molecule has 0 spiro atoms. The molecule has 0 atom stereocenters. The van der Waals surface area contributed by atoms with E-state index in [4.69, 9.17) is 4.74 Å². The molecule has 0 radical (unpaired) electrons. The van der Waals surface area contributed by atoms with Crippen molar-refractivity contribution < 1.29 is 13.9 Å². The van der Waals surface area contributed by atoms with Gasteiger partial charge < -0.3 is 4.74 Å². The Hall–Kier alpha value is -3.02. The summed E-state index contributed by atoms with van der Waals surface area (Å²) in [5.74, 6) is 0.377. The Labute approximate surface area is 132 Å². The summed E-state index contributed by atoms with van der Waals surface area (Å²) in [6.07, 6.45) is 1.08. The summed E-state index contributed by atoms with van der Waals surface area (Å²) in [6.45, 7) is 0. The van der Waals surface area contributed by atoms with Crippen molar-refractivity contribution in [2.75, 3.05) is 7.11 Å². The minimum absolute atomic E-state index is 0.261. The normalized spacial score (nSPS) is 10.5. The van der Waals surface area contributed by atoms with Gasteiger partial charge in [0.1, 0.15) is 17.3 Å². The smallest absolute Gasteiger partial charge is 0.172 e. The van der Waals surface area contributed by atoms with Crippen molar-refractivity contribution in [2.45, 2.75) is 6.42 Å². The van der Waals surface area contributed by atoms with Gasteiger partial charge in [0.2, 0.25) is 0 Å². The fourth-order valence-corrected chi connectivity index (χ4v) is 2.32. The molecule has 23 heavy (non-hydrogen) atoms. The molecule has 6 heteroatoms. The Balaban J connectivity index is 2.03. The average Bonchev–Trinajstić information content (AvgIpc) is 2.99. The van der Waals surface area contributed by atoms with Gasteiger partial charge in [-0.05, 0) is 29.8 Å². The van der Waals surface area contributed by atoms with Gasteiger partial charge in [0.05, 0.1) is 18.5 Å². The molecule has 0 saturated heterocycles. The number of methoxy groups -OCH3 is 1. The van der Waals surface area contributed by atoms with Gasteiger partial charge in [0.15, 0.2) is 6.29 Å². The summed E-state index contributed by atoms with van der Waals surface area (Å²) in [6, 6.07) is 13.4. The molecule has 1 aromatic heterocycles. The summed E-state index contributed by atoms with van der Waals surface area (Å²) >= 11 is 0. The molecule has 0 bridgehead atoms. The van der Waals surface area contributed by atoms with E-state index in [2.05, 4.69) is 10.3 Å². The second kappa shape index (κ2) is 6.39. The molecule has 0 unspecified atom stereocenters. The molecule has 0 aliphatic heterocycles. The Bertz CT molecular complexity index is 828. The number of nitrogens with zero attached hydrogens (tertiary/aromatic N) is 3. The molecule has 1 heterocycles. The van der Waals surface area contributed by atoms with E-state index in [1.165, 1.54) is 12.1 Å². The zero-order valence-electron chi connectivity index (χ0n) is 12.4. The van der Waals surface area contributed by atoms with Crippen LogP contribution in [0.3, 0.4) is 0 Å². The van der Waals surface area contributed by atoms with Crippen LogP contribution in [0.2, 0.25) is 0 Å². The largest absolute Gasteiger partial charge is 0.497 e. The Kier molecular flexibility index (Phi) is 4.14. The molecule has 2 aromatic carbocycles. The third-order valence-electron chi connectivity index (χ3n) is 3.49. The highest BCUT2D eigenvalue weighted by Crippen LogP contribution is 2.20. The molecule has 3 rings (SSSR count). The lowest BCUT2D eigenvalue weighted by Gasteiger charge is -2.08. The monoisotopic (exact) mass is 311 g/mol. The first kappa shape index (κ1) is 14.9. The quantitative estimate of drug-likeness (QED) is 0.680. The van der Waals surface area contributed by atoms with E-state index in [0.717, 1.165) is 11.3 Å². The summed E-state index contributed by atoms with van der Waals surface area (Å²) < 4.78 is 19.8. The average molecular weight is 311 g/mol. The number of hydrogen-bond acceptors (Lipinski definition) is 4. The van der Waals surface area contributed by atoms with Crippen molar-refractivity contribution in [2.24, 2.45) is 0 Å². The van der Waals surface area contributed by atoms with Crippen molar-refractivity contribution in [1.82, 2.24) is 15.0 Å². The highest BCUT2D eigenvalue weighted by atomic mass is 19.1. The summed E-state index contributed by atoms with van der Waals surface area (Å²) in [5, 5.41) is 7.96. The van der Waals surface area contributed by atoms with Gasteiger partial charge in [-0.15, -0.1) is 5.10 Å². The molecule has 0 N–H and O–H groups in total. The maximum absolute atomic E-state index is 13.0. The van der Waals surface area contributed by atoms with Crippen LogP contribution in [0.1, 0.15) is 21.7 Å². The minimum Gasteiger partial charge on any atom is -0.497 e. The van der Waals surface area contributed by atoms with E-state index in [0.29, 0.717) is 24.2 Å². The topological polar surface area (TPSA) is 57.0 Å². The standard InChI is InChI=1S/C17H14FN3O2/c1-23-15-4-2-3-14(10-15)21-17(16(11-22)19-20-21)9-12-5-7-13(18)8-6-12/h2-8,10-11H,9H2,1H3. The van der Waals surface area contributed by atoms with Crippen LogP contribution in [0, 0.1) is 5.82 Å². The first-order valence-corrected chi connectivity index (χ1v) is 7.00. The van der Waals surface area contributed by atoms with Crippen LogP contribution in [-0.4, -0.2) is 28.4 Å². The maximum atomic E-state index is 13.0. The molecule has 5 nitrogen and oxygen atoms in total. The predicted octanol–water partition coefficient (Wildman–Crippen LogP) is 2.82. The van der Waals surface area contributed by atoms with E-state index >= 15 is 0 Å². The van der Waals surface area contributed by atoms with Crippen LogP contribution in [0.25, 0.3) is 5.69 Å². The Morgan fingerprint density at radius 1 is 1.22 bits per heavy atom. The summed E-state index contributed by atoms with van der Waals surface area (Å²) in [7, 11) is 1.58. The lowest BCUT2D eigenvalue weighted by molar-refractivity contribution is 0.111. The first-order valence-electron chi connectivity index (χ1n) is 7.00. The van der Waals surface area contributed by atoms with E-state index in [1.807, 2.05) is 18.2 Å². The number of carbonyl (C=O) groups excluding carboxylic acids is 1. The number of ether oxygens (including phenoxy) is 1. The van der Waals surface area contributed by atoms with Crippen molar-refractivity contribution in [3.63, 3.8) is 0 Å². The van der Waals surface area contributed by atoms with Crippen molar-refractivity contribution in [3.8, 4) is 11.4 Å². The highest BCUT2D eigenvalue weighted by Gasteiger charge is 2.15. The molecule has 0 aliphatic rings. The second-order valence-corrected chi connectivity index (χ2v) is 4.96. The Morgan fingerprint density at radius 2 is 2.00 bits per heavy atom. The number of aldehydes is 1. The SMILES string of the molecule is COc1cccc(-n2nnc(C=O)c2Cc2ccc(F)cc2)c1. The van der Waals surface area contributed by atoms with Crippen molar-refractivity contribution >= 4 is 6.29 Å². The van der Waals surface area contributed by atoms with Crippen LogP contribution in [-0.2, 0) is 6.42 Å². The van der Waals surface area contributed by atoms with Crippen LogP contribution in [0.4, 0.5) is 4.39 Å². The van der Waals surface area contributed by atoms with Gasteiger partial charge in [-0.2, -0.15) is 0 Å². The highest BCUT2D eigenvalue weighted by molar-refractivity contribution is 5.73. The fourth-order valence-electron chi connectivity index (χ4n) is 2.32. The van der Waals surface area contributed by atoms with Crippen LogP contribution >= 0.6 is 0 Å². The van der Waals surface area contributed by atoms with Gasteiger partial charge in [0, 0.05) is 12.5 Å². The van der Waals surface area contributed by atoms with E-state index in [-0.39, 0.29) is 11.5 Å². The first-order chi connectivity index (χ1) is 11.2. The van der Waals surface area contributed by atoms with Gasteiger partial charge >= 0.3 is 0 Å². The van der Waals surface area contributed by atoms with E-state index in [1.54, 1.807) is 30.0 Å². The molecule has 0 amide bonds. The summed E-state index contributed by atoms with van der Waals surface area (Å²) in [5.41, 5.74) is 2.50. The van der Waals surface area contributed by atoms with Gasteiger partial charge in [-0.25, -0.2) is 9.07 Å². The van der Waals surface area contributed by atoms with Gasteiger partial charge in [0.25, 0.3) is 0 Å². The Morgan fingerprint density at radius 3 is 2.70 bits per heavy atom. The third-order valence-corrected chi connectivity index (χ3v) is 3.49. The molecule has 0 saturated carbocycles. The van der Waals surface area contributed by atoms with Crippen LogP contribution in [0.15, 0.2) is 48.5 Å². The third kappa shape index (κ3) is 3.11. The predicted molar refractivity (Wildman–Crippen MR) is 82.5 cm³/mol. The molecular formula is C17H14FN3O2. The van der Waals surface area contributed by atoms with Crippen LogP contribution < -0.4 is 4.74 Å². The zero-order chi connectivity index (χ0) is 16.2. The number of hydrogen-bond donors (Lipinski definition) is 0. The van der Waals surface area contributed by atoms with Crippen LogP contribution in [0.5, 0.6) is 5.75 Å². The van der Waals surface area contributed by atoms with Gasteiger partial charge in [-0.1, -0.05) is 23.4 Å². The van der Waals surface area contributed by atoms with Crippen molar-refractivity contribution in [3.05, 3.63) is 71.3 Å². The van der Waals surface area contributed by atoms with E-state index in [9.17, 15) is 9.18 Å². The second-order valence-electron chi connectivity index (χ2n) is 4.96.